The molecule has 0 spiro atoms. The number of ether oxygens (including phenoxy) is 1. The minimum absolute atomic E-state index is 0.292. The highest BCUT2D eigenvalue weighted by Crippen LogP contribution is 2.21. The number of hydrogen-bond donors (Lipinski definition) is 0. The van der Waals surface area contributed by atoms with Crippen molar-refractivity contribution < 1.29 is 9.53 Å². The normalized spacial score (nSPS) is 10.4. The Bertz CT molecular complexity index is 788. The van der Waals surface area contributed by atoms with Crippen LogP contribution in [-0.4, -0.2) is 5.97 Å². The van der Waals surface area contributed by atoms with Crippen LogP contribution in [0.15, 0.2) is 78.9 Å². The lowest BCUT2D eigenvalue weighted by Crippen LogP contribution is -2.05. The van der Waals surface area contributed by atoms with Gasteiger partial charge in [-0.2, -0.15) is 0 Å². The Balaban J connectivity index is 1.66. The van der Waals surface area contributed by atoms with Crippen molar-refractivity contribution in [1.82, 2.24) is 0 Å². The predicted octanol–water partition coefficient (Wildman–Crippen LogP) is 5.27. The van der Waals surface area contributed by atoms with Gasteiger partial charge >= 0.3 is 5.97 Å². The Labute approximate surface area is 142 Å². The monoisotopic (exact) mass is 316 g/mol. The summed E-state index contributed by atoms with van der Waals surface area (Å²) in [5.74, 6) is -0.299. The van der Waals surface area contributed by atoms with E-state index in [2.05, 4.69) is 31.2 Å². The second kappa shape index (κ2) is 7.60. The summed E-state index contributed by atoms with van der Waals surface area (Å²) in [6.45, 7) is 2.44. The summed E-state index contributed by atoms with van der Waals surface area (Å²) in [6.07, 6.45) is 1.03. The van der Waals surface area contributed by atoms with Crippen molar-refractivity contribution in [3.8, 4) is 11.1 Å². The first-order chi connectivity index (χ1) is 11.8. The summed E-state index contributed by atoms with van der Waals surface area (Å²) in [4.78, 5) is 12.1. The van der Waals surface area contributed by atoms with Gasteiger partial charge in [0.2, 0.25) is 0 Å². The smallest absolute Gasteiger partial charge is 0.338 e. The molecule has 0 aromatic heterocycles. The second-order valence-corrected chi connectivity index (χ2v) is 5.69. The average Bonchev–Trinajstić information content (AvgIpc) is 2.67. The van der Waals surface area contributed by atoms with Gasteiger partial charge in [-0.1, -0.05) is 73.7 Å². The highest BCUT2D eigenvalue weighted by Gasteiger charge is 2.08. The SMILES string of the molecule is CCc1ccc(-c2ccc(C(=O)OCc3ccccc3)cc2)cc1. The molecule has 3 aromatic rings. The zero-order valence-electron chi connectivity index (χ0n) is 13.7. The number of benzene rings is 3. The lowest BCUT2D eigenvalue weighted by Gasteiger charge is -2.07. The molecule has 24 heavy (non-hydrogen) atoms. The van der Waals surface area contributed by atoms with E-state index in [4.69, 9.17) is 4.74 Å². The predicted molar refractivity (Wildman–Crippen MR) is 96.8 cm³/mol. The molecule has 0 heterocycles. The van der Waals surface area contributed by atoms with Crippen molar-refractivity contribution in [3.05, 3.63) is 95.6 Å². The lowest BCUT2D eigenvalue weighted by molar-refractivity contribution is 0.0473. The summed E-state index contributed by atoms with van der Waals surface area (Å²) in [5.41, 5.74) is 5.12. The molecule has 3 aromatic carbocycles. The van der Waals surface area contributed by atoms with E-state index >= 15 is 0 Å². The first-order valence-electron chi connectivity index (χ1n) is 8.16. The van der Waals surface area contributed by atoms with Crippen LogP contribution in [-0.2, 0) is 17.8 Å². The Hall–Kier alpha value is -2.87. The van der Waals surface area contributed by atoms with Crippen LogP contribution < -0.4 is 0 Å². The summed E-state index contributed by atoms with van der Waals surface area (Å²) in [7, 11) is 0. The van der Waals surface area contributed by atoms with Gasteiger partial charge in [0.25, 0.3) is 0 Å². The van der Waals surface area contributed by atoms with Crippen molar-refractivity contribution in [2.45, 2.75) is 20.0 Å². The second-order valence-electron chi connectivity index (χ2n) is 5.69. The minimum Gasteiger partial charge on any atom is -0.457 e. The standard InChI is InChI=1S/C22H20O2/c1-2-17-8-10-19(11-9-17)20-12-14-21(15-13-20)22(23)24-16-18-6-4-3-5-7-18/h3-15H,2,16H2,1H3. The molecule has 0 unspecified atom stereocenters. The average molecular weight is 316 g/mol. The van der Waals surface area contributed by atoms with Crippen molar-refractivity contribution >= 4 is 5.97 Å². The van der Waals surface area contributed by atoms with Crippen LogP contribution in [0, 0.1) is 0 Å². The number of hydrogen-bond acceptors (Lipinski definition) is 2. The molecule has 0 N–H and O–H groups in total. The number of esters is 1. The van der Waals surface area contributed by atoms with Crippen LogP contribution in [0.3, 0.4) is 0 Å². The lowest BCUT2D eigenvalue weighted by atomic mass is 10.0. The Morgan fingerprint density at radius 1 is 0.750 bits per heavy atom. The quantitative estimate of drug-likeness (QED) is 0.599. The third-order valence-electron chi connectivity index (χ3n) is 4.03. The van der Waals surface area contributed by atoms with E-state index in [-0.39, 0.29) is 5.97 Å². The van der Waals surface area contributed by atoms with Crippen molar-refractivity contribution in [2.24, 2.45) is 0 Å². The van der Waals surface area contributed by atoms with E-state index in [0.717, 1.165) is 23.1 Å². The van der Waals surface area contributed by atoms with Crippen LogP contribution >= 0.6 is 0 Å². The van der Waals surface area contributed by atoms with Gasteiger partial charge in [0.15, 0.2) is 0 Å². The molecule has 2 nitrogen and oxygen atoms in total. The van der Waals surface area contributed by atoms with Gasteiger partial charge in [-0.05, 0) is 40.8 Å². The van der Waals surface area contributed by atoms with Gasteiger partial charge in [-0.25, -0.2) is 4.79 Å². The van der Waals surface area contributed by atoms with E-state index in [0.29, 0.717) is 12.2 Å². The topological polar surface area (TPSA) is 26.3 Å². The Kier molecular flexibility index (Phi) is 5.07. The van der Waals surface area contributed by atoms with Gasteiger partial charge in [0, 0.05) is 0 Å². The van der Waals surface area contributed by atoms with Gasteiger partial charge in [0.05, 0.1) is 5.56 Å². The summed E-state index contributed by atoms with van der Waals surface area (Å²) < 4.78 is 5.35. The van der Waals surface area contributed by atoms with Gasteiger partial charge in [0.1, 0.15) is 6.61 Å². The molecule has 0 fully saturated rings. The molecule has 0 amide bonds. The molecule has 0 bridgehead atoms. The van der Waals surface area contributed by atoms with Gasteiger partial charge in [-0.15, -0.1) is 0 Å². The molecule has 0 aliphatic carbocycles. The zero-order valence-corrected chi connectivity index (χ0v) is 13.7. The highest BCUT2D eigenvalue weighted by atomic mass is 16.5. The summed E-state index contributed by atoms with van der Waals surface area (Å²) in [6, 6.07) is 25.7. The van der Waals surface area contributed by atoms with Crippen LogP contribution in [0.1, 0.15) is 28.4 Å². The fourth-order valence-corrected chi connectivity index (χ4v) is 2.54. The number of carbonyl (C=O) groups excluding carboxylic acids is 1. The van der Waals surface area contributed by atoms with Crippen molar-refractivity contribution in [1.29, 1.82) is 0 Å². The molecule has 0 atom stereocenters. The molecule has 0 aliphatic heterocycles. The fraction of sp³-hybridized carbons (Fsp3) is 0.136. The first kappa shape index (κ1) is 16.0. The molecule has 0 saturated carbocycles. The Morgan fingerprint density at radius 3 is 1.92 bits per heavy atom. The largest absolute Gasteiger partial charge is 0.457 e. The van der Waals surface area contributed by atoms with E-state index in [1.807, 2.05) is 54.6 Å². The molecular weight excluding hydrogens is 296 g/mol. The highest BCUT2D eigenvalue weighted by molar-refractivity contribution is 5.90. The molecule has 0 saturated heterocycles. The Morgan fingerprint density at radius 2 is 1.33 bits per heavy atom. The first-order valence-corrected chi connectivity index (χ1v) is 8.16. The fourth-order valence-electron chi connectivity index (χ4n) is 2.54. The van der Waals surface area contributed by atoms with Crippen molar-refractivity contribution in [2.75, 3.05) is 0 Å². The molecule has 3 rings (SSSR count). The maximum atomic E-state index is 12.1. The van der Waals surface area contributed by atoms with Crippen molar-refractivity contribution in [3.63, 3.8) is 0 Å². The van der Waals surface area contributed by atoms with Gasteiger partial charge in [-0.3, -0.25) is 0 Å². The maximum Gasteiger partial charge on any atom is 0.338 e. The van der Waals surface area contributed by atoms with E-state index in [1.165, 1.54) is 5.56 Å². The number of rotatable bonds is 5. The molecule has 2 heteroatoms. The van der Waals surface area contributed by atoms with Gasteiger partial charge < -0.3 is 4.74 Å². The van der Waals surface area contributed by atoms with E-state index in [9.17, 15) is 4.79 Å². The number of carbonyl (C=O) groups is 1. The summed E-state index contributed by atoms with van der Waals surface area (Å²) in [5, 5.41) is 0. The third-order valence-corrected chi connectivity index (χ3v) is 4.03. The molecule has 0 radical (unpaired) electrons. The van der Waals surface area contributed by atoms with Crippen LogP contribution in [0.2, 0.25) is 0 Å². The van der Waals surface area contributed by atoms with Crippen LogP contribution in [0.25, 0.3) is 11.1 Å². The van der Waals surface area contributed by atoms with E-state index < -0.39 is 0 Å². The zero-order chi connectivity index (χ0) is 16.8. The number of aryl methyl sites for hydroxylation is 1. The van der Waals surface area contributed by atoms with Crippen LogP contribution in [0.5, 0.6) is 0 Å². The minimum atomic E-state index is -0.299. The third kappa shape index (κ3) is 3.90. The van der Waals surface area contributed by atoms with E-state index in [1.54, 1.807) is 0 Å². The molecule has 120 valence electrons. The summed E-state index contributed by atoms with van der Waals surface area (Å²) >= 11 is 0. The van der Waals surface area contributed by atoms with Crippen LogP contribution in [0.4, 0.5) is 0 Å². The molecule has 0 aliphatic rings. The maximum absolute atomic E-state index is 12.1. The molecular formula is C22H20O2.